The van der Waals surface area contributed by atoms with E-state index < -0.39 is 0 Å². The SMILES string of the molecule is CC[C@@H](C)c1ccccc1NC(=O)/C=C/c1ccc(Cl)cc1Cl. The minimum atomic E-state index is -0.188. The van der Waals surface area contributed by atoms with E-state index in [1.807, 2.05) is 24.3 Å². The van der Waals surface area contributed by atoms with Crippen molar-refractivity contribution >= 4 is 40.9 Å². The summed E-state index contributed by atoms with van der Waals surface area (Å²) in [4.78, 5) is 12.2. The molecule has 0 heterocycles. The second-order valence-electron chi connectivity index (χ2n) is 5.38. The van der Waals surface area contributed by atoms with Crippen molar-refractivity contribution in [3.63, 3.8) is 0 Å². The molecule has 120 valence electrons. The molecule has 0 unspecified atom stereocenters. The molecule has 1 N–H and O–H groups in total. The Morgan fingerprint density at radius 2 is 1.96 bits per heavy atom. The van der Waals surface area contributed by atoms with Crippen LogP contribution in [0.3, 0.4) is 0 Å². The standard InChI is InChI=1S/C19H19Cl2NO/c1-3-13(2)16-6-4-5-7-18(16)22-19(23)11-9-14-8-10-15(20)12-17(14)21/h4-13H,3H2,1-2H3,(H,22,23)/b11-9+/t13-/m1/s1. The molecule has 1 atom stereocenters. The second-order valence-corrected chi connectivity index (χ2v) is 6.23. The summed E-state index contributed by atoms with van der Waals surface area (Å²) in [6.45, 7) is 4.28. The second kappa shape index (κ2) is 8.19. The summed E-state index contributed by atoms with van der Waals surface area (Å²) in [5.74, 6) is 0.202. The topological polar surface area (TPSA) is 29.1 Å². The summed E-state index contributed by atoms with van der Waals surface area (Å²) in [6.07, 6.45) is 4.17. The molecule has 0 aliphatic rings. The summed E-state index contributed by atoms with van der Waals surface area (Å²) in [6, 6.07) is 13.0. The van der Waals surface area contributed by atoms with Crippen molar-refractivity contribution < 1.29 is 4.79 Å². The summed E-state index contributed by atoms with van der Waals surface area (Å²) in [7, 11) is 0. The van der Waals surface area contributed by atoms with Crippen molar-refractivity contribution in [1.82, 2.24) is 0 Å². The first-order valence-electron chi connectivity index (χ1n) is 7.54. The van der Waals surface area contributed by atoms with Gasteiger partial charge in [-0.3, -0.25) is 4.79 Å². The number of hydrogen-bond donors (Lipinski definition) is 1. The molecule has 0 aliphatic heterocycles. The van der Waals surface area contributed by atoms with Gasteiger partial charge in [0.05, 0.1) is 0 Å². The van der Waals surface area contributed by atoms with E-state index in [9.17, 15) is 4.79 Å². The van der Waals surface area contributed by atoms with Crippen LogP contribution in [0.2, 0.25) is 10.0 Å². The molecule has 2 rings (SSSR count). The lowest BCUT2D eigenvalue weighted by molar-refractivity contribution is -0.111. The number of benzene rings is 2. The Kier molecular flexibility index (Phi) is 6.26. The summed E-state index contributed by atoms with van der Waals surface area (Å²) >= 11 is 12.0. The van der Waals surface area contributed by atoms with E-state index in [0.717, 1.165) is 23.2 Å². The normalized spacial score (nSPS) is 12.3. The predicted octanol–water partition coefficient (Wildman–Crippen LogP) is 6.16. The van der Waals surface area contributed by atoms with Gasteiger partial charge in [-0.25, -0.2) is 0 Å². The Morgan fingerprint density at radius 1 is 1.22 bits per heavy atom. The summed E-state index contributed by atoms with van der Waals surface area (Å²) < 4.78 is 0. The third kappa shape index (κ3) is 4.85. The zero-order chi connectivity index (χ0) is 16.8. The highest BCUT2D eigenvalue weighted by Crippen LogP contribution is 2.26. The highest BCUT2D eigenvalue weighted by molar-refractivity contribution is 6.35. The molecule has 23 heavy (non-hydrogen) atoms. The van der Waals surface area contributed by atoms with Gasteiger partial charge in [-0.15, -0.1) is 0 Å². The minimum absolute atomic E-state index is 0.188. The highest BCUT2D eigenvalue weighted by atomic mass is 35.5. The molecule has 0 aliphatic carbocycles. The van der Waals surface area contributed by atoms with Crippen LogP contribution in [-0.2, 0) is 4.79 Å². The fourth-order valence-electron chi connectivity index (χ4n) is 2.24. The maximum Gasteiger partial charge on any atom is 0.248 e. The molecule has 4 heteroatoms. The molecular weight excluding hydrogens is 329 g/mol. The van der Waals surface area contributed by atoms with E-state index in [2.05, 4.69) is 19.2 Å². The van der Waals surface area contributed by atoms with Crippen molar-refractivity contribution in [3.05, 3.63) is 69.7 Å². The van der Waals surface area contributed by atoms with Crippen molar-refractivity contribution in [2.45, 2.75) is 26.2 Å². The van der Waals surface area contributed by atoms with Gasteiger partial charge in [0.1, 0.15) is 0 Å². The van der Waals surface area contributed by atoms with Gasteiger partial charge in [0.2, 0.25) is 5.91 Å². The molecule has 1 amide bonds. The quantitative estimate of drug-likeness (QED) is 0.644. The lowest BCUT2D eigenvalue weighted by Crippen LogP contribution is -2.10. The number of amides is 1. The van der Waals surface area contributed by atoms with E-state index in [1.54, 1.807) is 24.3 Å². The van der Waals surface area contributed by atoms with Gasteiger partial charge < -0.3 is 5.32 Å². The van der Waals surface area contributed by atoms with Gasteiger partial charge in [0.25, 0.3) is 0 Å². The Morgan fingerprint density at radius 3 is 2.65 bits per heavy atom. The average molecular weight is 348 g/mol. The Hall–Kier alpha value is -1.77. The zero-order valence-corrected chi connectivity index (χ0v) is 14.7. The first-order chi connectivity index (χ1) is 11.0. The largest absolute Gasteiger partial charge is 0.322 e. The third-order valence-electron chi connectivity index (χ3n) is 3.74. The maximum atomic E-state index is 12.2. The number of para-hydroxylation sites is 1. The number of carbonyl (C=O) groups is 1. The van der Waals surface area contributed by atoms with E-state index in [-0.39, 0.29) is 5.91 Å². The van der Waals surface area contributed by atoms with Gasteiger partial charge in [-0.2, -0.15) is 0 Å². The lowest BCUT2D eigenvalue weighted by atomic mass is 9.97. The van der Waals surface area contributed by atoms with Crippen LogP contribution in [0, 0.1) is 0 Å². The van der Waals surface area contributed by atoms with Crippen LogP contribution < -0.4 is 5.32 Å². The number of hydrogen-bond acceptors (Lipinski definition) is 1. The number of halogens is 2. The van der Waals surface area contributed by atoms with E-state index in [0.29, 0.717) is 16.0 Å². The number of nitrogens with one attached hydrogen (secondary N) is 1. The van der Waals surface area contributed by atoms with Gasteiger partial charge in [-0.1, -0.05) is 61.3 Å². The van der Waals surface area contributed by atoms with Crippen LogP contribution in [0.4, 0.5) is 5.69 Å². The van der Waals surface area contributed by atoms with E-state index in [1.165, 1.54) is 6.08 Å². The Bertz CT molecular complexity index is 725. The first-order valence-corrected chi connectivity index (χ1v) is 8.30. The molecule has 0 saturated carbocycles. The van der Waals surface area contributed by atoms with Crippen LogP contribution >= 0.6 is 23.2 Å². The first kappa shape index (κ1) is 17.6. The number of anilines is 1. The van der Waals surface area contributed by atoms with E-state index in [4.69, 9.17) is 23.2 Å². The van der Waals surface area contributed by atoms with Gasteiger partial charge in [-0.05, 0) is 47.7 Å². The van der Waals surface area contributed by atoms with Crippen LogP contribution in [0.5, 0.6) is 0 Å². The molecule has 2 aromatic carbocycles. The summed E-state index contributed by atoms with van der Waals surface area (Å²) in [5.41, 5.74) is 2.74. The minimum Gasteiger partial charge on any atom is -0.322 e. The van der Waals surface area contributed by atoms with Gasteiger partial charge in [0, 0.05) is 21.8 Å². The van der Waals surface area contributed by atoms with Crippen molar-refractivity contribution in [3.8, 4) is 0 Å². The average Bonchev–Trinajstić information content (AvgIpc) is 2.54. The Balaban J connectivity index is 2.12. The number of carbonyl (C=O) groups excluding carboxylic acids is 1. The molecule has 2 nitrogen and oxygen atoms in total. The monoisotopic (exact) mass is 347 g/mol. The smallest absolute Gasteiger partial charge is 0.248 e. The number of rotatable bonds is 5. The van der Waals surface area contributed by atoms with E-state index >= 15 is 0 Å². The molecule has 0 radical (unpaired) electrons. The van der Waals surface area contributed by atoms with Crippen molar-refractivity contribution in [2.24, 2.45) is 0 Å². The molecule has 0 bridgehead atoms. The molecule has 0 aromatic heterocycles. The highest BCUT2D eigenvalue weighted by Gasteiger charge is 2.09. The van der Waals surface area contributed by atoms with Crippen LogP contribution in [0.25, 0.3) is 6.08 Å². The van der Waals surface area contributed by atoms with Crippen LogP contribution in [0.1, 0.15) is 37.3 Å². The van der Waals surface area contributed by atoms with Crippen LogP contribution in [-0.4, -0.2) is 5.91 Å². The van der Waals surface area contributed by atoms with Gasteiger partial charge >= 0.3 is 0 Å². The summed E-state index contributed by atoms with van der Waals surface area (Å²) in [5, 5.41) is 4.02. The van der Waals surface area contributed by atoms with Gasteiger partial charge in [0.15, 0.2) is 0 Å². The molecule has 0 fully saturated rings. The Labute approximate surface area is 147 Å². The fourth-order valence-corrected chi connectivity index (χ4v) is 2.71. The van der Waals surface area contributed by atoms with Crippen molar-refractivity contribution in [2.75, 3.05) is 5.32 Å². The predicted molar refractivity (Wildman–Crippen MR) is 99.3 cm³/mol. The lowest BCUT2D eigenvalue weighted by Gasteiger charge is -2.14. The van der Waals surface area contributed by atoms with Crippen molar-refractivity contribution in [1.29, 1.82) is 0 Å². The maximum absolute atomic E-state index is 12.2. The molecule has 0 saturated heterocycles. The molecular formula is C19H19Cl2NO. The van der Waals surface area contributed by atoms with Crippen LogP contribution in [0.15, 0.2) is 48.5 Å². The third-order valence-corrected chi connectivity index (χ3v) is 4.30. The zero-order valence-electron chi connectivity index (χ0n) is 13.1. The molecule has 0 spiro atoms. The fraction of sp³-hybridized carbons (Fsp3) is 0.211. The molecule has 2 aromatic rings.